The largest absolute Gasteiger partial charge is 0.478 e. The second kappa shape index (κ2) is 14.2. The van der Waals surface area contributed by atoms with Gasteiger partial charge in [0, 0.05) is 19.1 Å². The van der Waals surface area contributed by atoms with Crippen LogP contribution in [0.5, 0.6) is 0 Å². The number of alkyl halides is 2. The van der Waals surface area contributed by atoms with Gasteiger partial charge in [-0.1, -0.05) is 39.8 Å². The lowest BCUT2D eigenvalue weighted by Gasteiger charge is -2.15. The standard InChI is InChI=1S/C10H10F2O2.C6H14O.2CH2O/c1-2-10(11,12)8-5-3-7(4-6-8)9(13)14;1-6(2,3)5-7-4;2*1-2/h3-6H,2H2,1H3,(H,13,14);5H2,1-4H3;2*1H2. The Balaban J connectivity index is -0.000000372. The molecule has 0 bridgehead atoms. The van der Waals surface area contributed by atoms with Crippen LogP contribution in [-0.4, -0.2) is 38.4 Å². The van der Waals surface area contributed by atoms with E-state index in [-0.39, 0.29) is 17.5 Å². The molecular weight excluding hydrogens is 334 g/mol. The fourth-order valence-electron chi connectivity index (χ4n) is 1.49. The van der Waals surface area contributed by atoms with Gasteiger partial charge in [0.15, 0.2) is 0 Å². The molecule has 0 radical (unpaired) electrons. The van der Waals surface area contributed by atoms with Crippen LogP contribution in [0.25, 0.3) is 0 Å². The zero-order valence-electron chi connectivity index (χ0n) is 15.5. The van der Waals surface area contributed by atoms with Crippen molar-refractivity contribution in [1.82, 2.24) is 0 Å². The van der Waals surface area contributed by atoms with Crippen molar-refractivity contribution >= 4 is 19.5 Å². The summed E-state index contributed by atoms with van der Waals surface area (Å²) in [4.78, 5) is 26.4. The summed E-state index contributed by atoms with van der Waals surface area (Å²) in [6, 6.07) is 4.66. The summed E-state index contributed by atoms with van der Waals surface area (Å²) >= 11 is 0. The van der Waals surface area contributed by atoms with Crippen LogP contribution >= 0.6 is 0 Å². The zero-order valence-corrected chi connectivity index (χ0v) is 15.5. The molecule has 0 aliphatic rings. The van der Waals surface area contributed by atoms with Gasteiger partial charge in [0.2, 0.25) is 0 Å². The van der Waals surface area contributed by atoms with Crippen LogP contribution < -0.4 is 0 Å². The molecule has 25 heavy (non-hydrogen) atoms. The first-order valence-corrected chi connectivity index (χ1v) is 7.32. The Kier molecular flexibility index (Phi) is 15.7. The van der Waals surface area contributed by atoms with Gasteiger partial charge in [-0.25, -0.2) is 13.6 Å². The van der Waals surface area contributed by atoms with Gasteiger partial charge in [-0.05, 0) is 17.5 Å². The second-order valence-electron chi connectivity index (χ2n) is 5.93. The number of carboxylic acid groups (broad SMARTS) is 1. The molecule has 0 aromatic heterocycles. The lowest BCUT2D eigenvalue weighted by Crippen LogP contribution is -2.12. The van der Waals surface area contributed by atoms with Gasteiger partial charge in [-0.2, -0.15) is 0 Å². The smallest absolute Gasteiger partial charge is 0.335 e. The van der Waals surface area contributed by atoms with Crippen molar-refractivity contribution in [2.24, 2.45) is 5.41 Å². The van der Waals surface area contributed by atoms with E-state index in [9.17, 15) is 13.6 Å². The number of benzene rings is 1. The second-order valence-corrected chi connectivity index (χ2v) is 5.93. The SMILES string of the molecule is C=O.C=O.CCC(F)(F)c1ccc(C(=O)O)cc1.COCC(C)(C)C. The van der Waals surface area contributed by atoms with E-state index in [1.54, 1.807) is 7.11 Å². The van der Waals surface area contributed by atoms with Crippen LogP contribution in [-0.2, 0) is 20.2 Å². The van der Waals surface area contributed by atoms with Gasteiger partial charge in [0.05, 0.1) is 12.2 Å². The first-order chi connectivity index (χ1) is 11.5. The van der Waals surface area contributed by atoms with Gasteiger partial charge < -0.3 is 19.4 Å². The Hall–Kier alpha value is -2.15. The van der Waals surface area contributed by atoms with Crippen molar-refractivity contribution < 1.29 is 33.0 Å². The number of halogens is 2. The number of hydrogen-bond donors (Lipinski definition) is 1. The number of rotatable bonds is 4. The Morgan fingerprint density at radius 3 is 1.68 bits per heavy atom. The molecule has 0 spiro atoms. The number of carbonyl (C=O) groups excluding carboxylic acids is 2. The summed E-state index contributed by atoms with van der Waals surface area (Å²) in [5.41, 5.74) is 0.194. The maximum atomic E-state index is 13.1. The number of hydrogen-bond acceptors (Lipinski definition) is 4. The normalized spacial score (nSPS) is 10.0. The third-order valence-electron chi connectivity index (χ3n) is 2.58. The van der Waals surface area contributed by atoms with Crippen LogP contribution in [0.15, 0.2) is 24.3 Å². The number of aromatic carboxylic acids is 1. The number of methoxy groups -OCH3 is 1. The monoisotopic (exact) mass is 362 g/mol. The maximum absolute atomic E-state index is 13.1. The number of carboxylic acids is 1. The molecule has 0 aliphatic carbocycles. The molecule has 0 unspecified atom stereocenters. The van der Waals surface area contributed by atoms with Gasteiger partial charge in [-0.15, -0.1) is 0 Å². The Morgan fingerprint density at radius 2 is 1.48 bits per heavy atom. The van der Waals surface area contributed by atoms with E-state index in [2.05, 4.69) is 20.8 Å². The molecular formula is C18H28F2O5. The highest BCUT2D eigenvalue weighted by Crippen LogP contribution is 2.31. The zero-order chi connectivity index (χ0) is 20.7. The number of ether oxygens (including phenoxy) is 1. The molecule has 0 aliphatic heterocycles. The lowest BCUT2D eigenvalue weighted by molar-refractivity contribution is -0.0987. The average molecular weight is 362 g/mol. The molecule has 1 aromatic carbocycles. The minimum atomic E-state index is -2.88. The van der Waals surface area contributed by atoms with Gasteiger partial charge in [0.1, 0.15) is 13.6 Å². The summed E-state index contributed by atoms with van der Waals surface area (Å²) in [5.74, 6) is -3.99. The highest BCUT2D eigenvalue weighted by Gasteiger charge is 2.28. The van der Waals surface area contributed by atoms with Crippen LogP contribution in [0.3, 0.4) is 0 Å². The topological polar surface area (TPSA) is 80.7 Å². The van der Waals surface area contributed by atoms with Crippen LogP contribution in [0.2, 0.25) is 0 Å². The van der Waals surface area contributed by atoms with E-state index < -0.39 is 11.9 Å². The van der Waals surface area contributed by atoms with E-state index in [1.165, 1.54) is 19.1 Å². The number of carbonyl (C=O) groups is 3. The molecule has 0 amide bonds. The fourth-order valence-corrected chi connectivity index (χ4v) is 1.49. The summed E-state index contributed by atoms with van der Waals surface area (Å²) < 4.78 is 31.0. The quantitative estimate of drug-likeness (QED) is 0.868. The van der Waals surface area contributed by atoms with E-state index >= 15 is 0 Å². The Bertz CT molecular complexity index is 465. The molecule has 144 valence electrons. The molecule has 5 nitrogen and oxygen atoms in total. The first-order valence-electron chi connectivity index (χ1n) is 7.32. The molecule has 0 saturated carbocycles. The van der Waals surface area contributed by atoms with E-state index in [4.69, 9.17) is 19.4 Å². The van der Waals surface area contributed by atoms with Crippen molar-refractivity contribution in [2.45, 2.75) is 40.0 Å². The third kappa shape index (κ3) is 13.9. The van der Waals surface area contributed by atoms with Crippen molar-refractivity contribution in [3.63, 3.8) is 0 Å². The summed E-state index contributed by atoms with van der Waals surface area (Å²) in [6.45, 7) is 12.7. The molecule has 0 fully saturated rings. The first kappa shape index (κ1) is 27.7. The Morgan fingerprint density at radius 1 is 1.08 bits per heavy atom. The van der Waals surface area contributed by atoms with E-state index in [0.717, 1.165) is 18.7 Å². The minimum absolute atomic E-state index is 0.0145. The fraction of sp³-hybridized carbons (Fsp3) is 0.500. The highest BCUT2D eigenvalue weighted by molar-refractivity contribution is 5.87. The molecule has 7 heteroatoms. The van der Waals surface area contributed by atoms with Crippen LogP contribution in [0.1, 0.15) is 50.0 Å². The van der Waals surface area contributed by atoms with Gasteiger partial charge >= 0.3 is 5.97 Å². The van der Waals surface area contributed by atoms with Crippen molar-refractivity contribution in [3.8, 4) is 0 Å². The maximum Gasteiger partial charge on any atom is 0.335 e. The average Bonchev–Trinajstić information content (AvgIpc) is 2.58. The van der Waals surface area contributed by atoms with Gasteiger partial charge in [-0.3, -0.25) is 0 Å². The molecule has 1 aromatic rings. The van der Waals surface area contributed by atoms with Crippen molar-refractivity contribution in [1.29, 1.82) is 0 Å². The predicted octanol–water partition coefficient (Wildman–Crippen LogP) is 4.20. The molecule has 0 heterocycles. The van der Waals surface area contributed by atoms with E-state index in [0.29, 0.717) is 5.41 Å². The highest BCUT2D eigenvalue weighted by atomic mass is 19.3. The van der Waals surface area contributed by atoms with Gasteiger partial charge in [0.25, 0.3) is 5.92 Å². The summed E-state index contributed by atoms with van der Waals surface area (Å²) in [7, 11) is 1.73. The minimum Gasteiger partial charge on any atom is -0.478 e. The van der Waals surface area contributed by atoms with Crippen molar-refractivity contribution in [2.75, 3.05) is 13.7 Å². The molecule has 1 N–H and O–H groups in total. The molecule has 0 atom stereocenters. The summed E-state index contributed by atoms with van der Waals surface area (Å²) in [6.07, 6.45) is -0.292. The van der Waals surface area contributed by atoms with E-state index in [1.807, 2.05) is 13.6 Å². The van der Waals surface area contributed by atoms with Crippen molar-refractivity contribution in [3.05, 3.63) is 35.4 Å². The summed E-state index contributed by atoms with van der Waals surface area (Å²) in [5, 5.41) is 8.55. The molecule has 1 rings (SSSR count). The third-order valence-corrected chi connectivity index (χ3v) is 2.58. The van der Waals surface area contributed by atoms with Crippen LogP contribution in [0, 0.1) is 5.41 Å². The predicted molar refractivity (Wildman–Crippen MR) is 93.2 cm³/mol. The Labute approximate surface area is 148 Å². The van der Waals surface area contributed by atoms with Crippen LogP contribution in [0.4, 0.5) is 8.78 Å². The lowest BCUT2D eigenvalue weighted by atomic mass is 9.99. The molecule has 0 saturated heterocycles.